The maximum absolute atomic E-state index is 13.1. The average molecular weight is 368 g/mol. The average Bonchev–Trinajstić information content (AvgIpc) is 2.65. The first-order valence-corrected chi connectivity index (χ1v) is 9.06. The molecule has 144 valence electrons. The highest BCUT2D eigenvalue weighted by Crippen LogP contribution is 2.25. The summed E-state index contributed by atoms with van der Waals surface area (Å²) in [7, 11) is 0. The minimum atomic E-state index is -0.314. The lowest BCUT2D eigenvalue weighted by molar-refractivity contribution is 0.111. The van der Waals surface area contributed by atoms with Crippen LogP contribution in [-0.4, -0.2) is 36.6 Å². The van der Waals surface area contributed by atoms with Gasteiger partial charge in [-0.15, -0.1) is 0 Å². The summed E-state index contributed by atoms with van der Waals surface area (Å²) in [5, 5.41) is 7.82. The number of rotatable bonds is 7. The number of carbonyl (C=O) groups excluding carboxylic acids is 1. The van der Waals surface area contributed by atoms with Crippen LogP contribution in [0, 0.1) is 19.3 Å². The van der Waals surface area contributed by atoms with Crippen LogP contribution in [0.25, 0.3) is 0 Å². The molecule has 6 heteroatoms. The number of amides is 2. The van der Waals surface area contributed by atoms with Crippen LogP contribution < -0.4 is 10.6 Å². The second kappa shape index (κ2) is 9.73. The Kier molecular flexibility index (Phi) is 7.37. The Morgan fingerprint density at radius 1 is 1.07 bits per heavy atom. The van der Waals surface area contributed by atoms with E-state index in [0.717, 1.165) is 22.4 Å². The molecule has 2 rings (SSSR count). The minimum Gasteiger partial charge on any atom is -0.375 e. The van der Waals surface area contributed by atoms with Gasteiger partial charge < -0.3 is 10.5 Å². The molecule has 6 nitrogen and oxygen atoms in total. The molecule has 0 bridgehead atoms. The van der Waals surface area contributed by atoms with Crippen molar-refractivity contribution in [3.05, 3.63) is 65.2 Å². The second-order valence-corrected chi connectivity index (χ2v) is 6.34. The molecule has 2 amide bonds. The van der Waals surface area contributed by atoms with Crippen molar-refractivity contribution in [3.63, 3.8) is 0 Å². The zero-order valence-electron chi connectivity index (χ0n) is 16.2. The van der Waals surface area contributed by atoms with Crippen molar-refractivity contribution < 1.29 is 9.53 Å². The fourth-order valence-electron chi connectivity index (χ4n) is 3.01. The third-order valence-corrected chi connectivity index (χ3v) is 4.35. The van der Waals surface area contributed by atoms with Gasteiger partial charge in [0.15, 0.2) is 5.96 Å². The number of urea groups is 1. The van der Waals surface area contributed by atoms with Crippen LogP contribution in [0.2, 0.25) is 0 Å². The van der Waals surface area contributed by atoms with Gasteiger partial charge in [0.25, 0.3) is 0 Å². The largest absolute Gasteiger partial charge is 0.375 e. The highest BCUT2D eigenvalue weighted by Gasteiger charge is 2.25. The lowest BCUT2D eigenvalue weighted by atomic mass is 10.1. The molecule has 3 N–H and O–H groups in total. The third kappa shape index (κ3) is 5.31. The number of nitrogens with zero attached hydrogens (tertiary/aromatic N) is 2. The summed E-state index contributed by atoms with van der Waals surface area (Å²) in [5.74, 6) is -0.284. The summed E-state index contributed by atoms with van der Waals surface area (Å²) >= 11 is 0. The fraction of sp³-hybridized carbons (Fsp3) is 0.333. The number of para-hydroxylation sites is 1. The van der Waals surface area contributed by atoms with Crippen molar-refractivity contribution in [2.45, 2.75) is 27.4 Å². The molecular weight excluding hydrogens is 340 g/mol. The van der Waals surface area contributed by atoms with Gasteiger partial charge in [-0.05, 0) is 37.5 Å². The Morgan fingerprint density at radius 3 is 2.26 bits per heavy atom. The van der Waals surface area contributed by atoms with E-state index in [1.807, 2.05) is 69.3 Å². The molecular formula is C21H28N4O2. The van der Waals surface area contributed by atoms with E-state index >= 15 is 0 Å². The maximum Gasteiger partial charge on any atom is 0.331 e. The normalized spacial score (nSPS) is 10.5. The van der Waals surface area contributed by atoms with Crippen LogP contribution in [0.4, 0.5) is 10.5 Å². The molecule has 0 spiro atoms. The van der Waals surface area contributed by atoms with E-state index in [-0.39, 0.29) is 18.5 Å². The van der Waals surface area contributed by atoms with Crippen molar-refractivity contribution in [1.82, 2.24) is 4.90 Å². The molecule has 0 atom stereocenters. The predicted molar refractivity (Wildman–Crippen MR) is 109 cm³/mol. The van der Waals surface area contributed by atoms with Gasteiger partial charge in [0, 0.05) is 6.54 Å². The van der Waals surface area contributed by atoms with Gasteiger partial charge >= 0.3 is 6.03 Å². The number of hydrogen-bond donors (Lipinski definition) is 2. The summed E-state index contributed by atoms with van der Waals surface area (Å²) < 4.78 is 5.65. The van der Waals surface area contributed by atoms with Gasteiger partial charge in [-0.25, -0.2) is 4.79 Å². The Labute approximate surface area is 161 Å². The Balaban J connectivity index is 2.05. The number of hydrogen-bond acceptors (Lipinski definition) is 3. The first-order valence-electron chi connectivity index (χ1n) is 9.06. The molecule has 27 heavy (non-hydrogen) atoms. The molecule has 0 aliphatic heterocycles. The zero-order valence-corrected chi connectivity index (χ0v) is 16.2. The van der Waals surface area contributed by atoms with Gasteiger partial charge in [0.05, 0.1) is 25.4 Å². The number of guanidine groups is 1. The van der Waals surface area contributed by atoms with E-state index in [1.54, 1.807) is 4.90 Å². The van der Waals surface area contributed by atoms with Crippen LogP contribution in [0.1, 0.15) is 23.6 Å². The maximum atomic E-state index is 13.1. The lowest BCUT2D eigenvalue weighted by Gasteiger charge is -2.30. The van der Waals surface area contributed by atoms with E-state index in [0.29, 0.717) is 19.8 Å². The van der Waals surface area contributed by atoms with Crippen LogP contribution in [0.3, 0.4) is 0 Å². The molecule has 0 radical (unpaired) electrons. The van der Waals surface area contributed by atoms with E-state index < -0.39 is 0 Å². The van der Waals surface area contributed by atoms with E-state index in [1.165, 1.54) is 4.90 Å². The van der Waals surface area contributed by atoms with E-state index in [9.17, 15) is 4.79 Å². The highest BCUT2D eigenvalue weighted by molar-refractivity contribution is 6.03. The lowest BCUT2D eigenvalue weighted by Crippen LogP contribution is -2.50. The van der Waals surface area contributed by atoms with Crippen molar-refractivity contribution >= 4 is 17.7 Å². The number of benzene rings is 2. The van der Waals surface area contributed by atoms with Crippen LogP contribution >= 0.6 is 0 Å². The SMILES string of the molecule is CCN(C(=O)N(CCOCc1ccccc1)C(=N)N)c1c(C)cccc1C. The molecule has 0 aromatic heterocycles. The van der Waals surface area contributed by atoms with Gasteiger partial charge in [-0.1, -0.05) is 48.5 Å². The number of nitrogens with one attached hydrogen (secondary N) is 1. The van der Waals surface area contributed by atoms with Gasteiger partial charge in [-0.3, -0.25) is 15.2 Å². The first kappa shape index (κ1) is 20.5. The quantitative estimate of drug-likeness (QED) is 0.444. The summed E-state index contributed by atoms with van der Waals surface area (Å²) in [6.45, 7) is 7.31. The minimum absolute atomic E-state index is 0.225. The Bertz CT molecular complexity index is 757. The fourth-order valence-corrected chi connectivity index (χ4v) is 3.01. The molecule has 0 fully saturated rings. The van der Waals surface area contributed by atoms with E-state index in [2.05, 4.69) is 0 Å². The summed E-state index contributed by atoms with van der Waals surface area (Å²) in [5.41, 5.74) is 9.62. The van der Waals surface area contributed by atoms with Gasteiger partial charge in [0.1, 0.15) is 0 Å². The van der Waals surface area contributed by atoms with Crippen LogP contribution in [0.5, 0.6) is 0 Å². The molecule has 0 unspecified atom stereocenters. The molecule has 0 heterocycles. The van der Waals surface area contributed by atoms with Crippen molar-refractivity contribution in [1.29, 1.82) is 5.41 Å². The molecule has 0 aliphatic rings. The predicted octanol–water partition coefficient (Wildman–Crippen LogP) is 3.66. The summed E-state index contributed by atoms with van der Waals surface area (Å²) in [6.07, 6.45) is 0. The summed E-state index contributed by atoms with van der Waals surface area (Å²) in [6, 6.07) is 15.4. The molecule has 0 saturated carbocycles. The van der Waals surface area contributed by atoms with Crippen LogP contribution in [-0.2, 0) is 11.3 Å². The first-order chi connectivity index (χ1) is 13.0. The Morgan fingerprint density at radius 2 is 1.70 bits per heavy atom. The second-order valence-electron chi connectivity index (χ2n) is 6.34. The van der Waals surface area contributed by atoms with Crippen molar-refractivity contribution in [3.8, 4) is 0 Å². The number of aryl methyl sites for hydroxylation is 2. The number of ether oxygens (including phenoxy) is 1. The van der Waals surface area contributed by atoms with Crippen molar-refractivity contribution in [2.24, 2.45) is 5.73 Å². The third-order valence-electron chi connectivity index (χ3n) is 4.35. The molecule has 0 aliphatic carbocycles. The topological polar surface area (TPSA) is 82.7 Å². The van der Waals surface area contributed by atoms with Gasteiger partial charge in [0.2, 0.25) is 0 Å². The van der Waals surface area contributed by atoms with Crippen LogP contribution in [0.15, 0.2) is 48.5 Å². The van der Waals surface area contributed by atoms with E-state index in [4.69, 9.17) is 15.9 Å². The number of anilines is 1. The zero-order chi connectivity index (χ0) is 19.8. The van der Waals surface area contributed by atoms with Crippen molar-refractivity contribution in [2.75, 3.05) is 24.6 Å². The highest BCUT2D eigenvalue weighted by atomic mass is 16.5. The molecule has 2 aromatic carbocycles. The summed E-state index contributed by atoms with van der Waals surface area (Å²) in [4.78, 5) is 16.0. The Hall–Kier alpha value is -2.86. The molecule has 2 aromatic rings. The smallest absolute Gasteiger partial charge is 0.331 e. The van der Waals surface area contributed by atoms with Gasteiger partial charge in [-0.2, -0.15) is 0 Å². The number of nitrogens with two attached hydrogens (primary N) is 1. The standard InChI is InChI=1S/C21H28N4O2/c1-4-24(19-16(2)9-8-10-17(19)3)21(26)25(20(22)23)13-14-27-15-18-11-6-5-7-12-18/h5-12H,4,13-15H2,1-3H3,(H3,22,23). The molecule has 0 saturated heterocycles. The number of carbonyl (C=O) groups is 1. The monoisotopic (exact) mass is 368 g/mol.